The van der Waals surface area contributed by atoms with E-state index in [1.165, 1.54) is 23.9 Å². The van der Waals surface area contributed by atoms with Crippen LogP contribution in [0.5, 0.6) is 0 Å². The van der Waals surface area contributed by atoms with Crippen molar-refractivity contribution in [3.63, 3.8) is 0 Å². The van der Waals surface area contributed by atoms with Crippen LogP contribution in [0.4, 0.5) is 9.18 Å². The first-order chi connectivity index (χ1) is 13.4. The van der Waals surface area contributed by atoms with Crippen LogP contribution >= 0.6 is 11.8 Å². The highest BCUT2D eigenvalue weighted by Gasteiger charge is 2.23. The molecule has 2 N–H and O–H groups in total. The average molecular weight is 405 g/mol. The number of hydrogen-bond acceptors (Lipinski definition) is 4. The minimum Gasteiger partial charge on any atom is -0.445 e. The molecule has 5 nitrogen and oxygen atoms in total. The molecule has 0 saturated heterocycles. The Balaban J connectivity index is 1.82. The van der Waals surface area contributed by atoms with Gasteiger partial charge in [0.25, 0.3) is 5.91 Å². The summed E-state index contributed by atoms with van der Waals surface area (Å²) < 4.78 is 18.1. The number of rotatable bonds is 9. The van der Waals surface area contributed by atoms with Crippen LogP contribution in [0.1, 0.15) is 25.0 Å². The van der Waals surface area contributed by atoms with Gasteiger partial charge >= 0.3 is 6.09 Å². The van der Waals surface area contributed by atoms with Crippen molar-refractivity contribution in [2.24, 2.45) is 0 Å². The van der Waals surface area contributed by atoms with E-state index in [-0.39, 0.29) is 23.6 Å². The van der Waals surface area contributed by atoms with E-state index in [0.717, 1.165) is 11.1 Å². The second kappa shape index (κ2) is 11.3. The number of halogens is 1. The lowest BCUT2D eigenvalue weighted by molar-refractivity contribution is -0.121. The zero-order valence-electron chi connectivity index (χ0n) is 16.0. The fraction of sp³-hybridized carbons (Fsp3) is 0.333. The number of alkyl carbamates (subject to hydrolysis) is 1. The summed E-state index contributed by atoms with van der Waals surface area (Å²) in [6.45, 7) is 4.42. The Hall–Kier alpha value is -2.54. The summed E-state index contributed by atoms with van der Waals surface area (Å²) in [4.78, 5) is 24.5. The van der Waals surface area contributed by atoms with Crippen molar-refractivity contribution in [3.8, 4) is 0 Å². The second-order valence-corrected chi connectivity index (χ2v) is 8.12. The maximum absolute atomic E-state index is 12.9. The molecule has 0 heterocycles. The molecule has 0 saturated carbocycles. The molecular formula is C21H25FN2O3S. The van der Waals surface area contributed by atoms with Crippen LogP contribution in [0.2, 0.25) is 0 Å². The van der Waals surface area contributed by atoms with Gasteiger partial charge in [0, 0.05) is 11.8 Å². The topological polar surface area (TPSA) is 67.4 Å². The van der Waals surface area contributed by atoms with Crippen LogP contribution in [0.25, 0.3) is 0 Å². The predicted octanol–water partition coefficient (Wildman–Crippen LogP) is 3.88. The lowest BCUT2D eigenvalue weighted by Crippen LogP contribution is -2.46. The molecule has 0 spiro atoms. The van der Waals surface area contributed by atoms with Gasteiger partial charge in [0.05, 0.1) is 0 Å². The fourth-order valence-corrected chi connectivity index (χ4v) is 3.29. The van der Waals surface area contributed by atoms with Crippen LogP contribution in [0.15, 0.2) is 54.6 Å². The molecule has 0 radical (unpaired) electrons. The number of benzene rings is 2. The van der Waals surface area contributed by atoms with E-state index < -0.39 is 11.5 Å². The number of hydrogen-bond donors (Lipinski definition) is 2. The predicted molar refractivity (Wildman–Crippen MR) is 109 cm³/mol. The van der Waals surface area contributed by atoms with E-state index >= 15 is 0 Å². The van der Waals surface area contributed by atoms with Gasteiger partial charge in [-0.05, 0) is 29.7 Å². The quantitative estimate of drug-likeness (QED) is 0.623. The third kappa shape index (κ3) is 8.00. The van der Waals surface area contributed by atoms with Gasteiger partial charge in [0.2, 0.25) is 0 Å². The standard InChI is InChI=1S/C21H25FN2O3S/c1-15(2)28-20(24-21(26)27-14-17-6-4-3-5-7-17)19(25)23-13-12-16-8-10-18(22)11-9-16/h3-11,15,20H,12-14H2,1-2H3,(H,23,25)(H,24,26). The number of thioether (sulfide) groups is 1. The van der Waals surface area contributed by atoms with Crippen molar-refractivity contribution in [1.82, 2.24) is 10.6 Å². The summed E-state index contributed by atoms with van der Waals surface area (Å²) in [6, 6.07) is 15.5. The van der Waals surface area contributed by atoms with Crippen molar-refractivity contribution >= 4 is 23.8 Å². The third-order valence-corrected chi connectivity index (χ3v) is 4.88. The highest BCUT2D eigenvalue weighted by Crippen LogP contribution is 2.16. The molecule has 0 aromatic heterocycles. The second-order valence-electron chi connectivity index (χ2n) is 6.44. The maximum Gasteiger partial charge on any atom is 0.408 e. The number of nitrogens with one attached hydrogen (secondary N) is 2. The van der Waals surface area contributed by atoms with Gasteiger partial charge in [-0.15, -0.1) is 11.8 Å². The first kappa shape index (κ1) is 21.8. The molecule has 2 aromatic rings. The number of ether oxygens (including phenoxy) is 1. The van der Waals surface area contributed by atoms with E-state index in [1.807, 2.05) is 44.2 Å². The molecule has 0 aliphatic carbocycles. The lowest BCUT2D eigenvalue weighted by Gasteiger charge is -2.19. The highest BCUT2D eigenvalue weighted by molar-refractivity contribution is 8.01. The molecule has 0 aliphatic heterocycles. The van der Waals surface area contributed by atoms with Gasteiger partial charge in [-0.2, -0.15) is 0 Å². The lowest BCUT2D eigenvalue weighted by atomic mass is 10.1. The molecule has 0 bridgehead atoms. The molecule has 7 heteroatoms. The summed E-state index contributed by atoms with van der Waals surface area (Å²) >= 11 is 1.33. The molecule has 0 aliphatic rings. The SMILES string of the molecule is CC(C)SC(NC(=O)OCc1ccccc1)C(=O)NCCc1ccc(F)cc1. The summed E-state index contributed by atoms with van der Waals surface area (Å²) in [5.41, 5.74) is 1.79. The smallest absolute Gasteiger partial charge is 0.408 e. The van der Waals surface area contributed by atoms with Crippen molar-refractivity contribution in [1.29, 1.82) is 0 Å². The van der Waals surface area contributed by atoms with E-state index in [2.05, 4.69) is 10.6 Å². The Bertz CT molecular complexity index is 754. The fourth-order valence-electron chi connectivity index (χ4n) is 2.38. The molecule has 0 fully saturated rings. The van der Waals surface area contributed by atoms with Crippen LogP contribution < -0.4 is 10.6 Å². The Morgan fingerprint density at radius 2 is 1.71 bits per heavy atom. The molecule has 1 unspecified atom stereocenters. The van der Waals surface area contributed by atoms with Crippen LogP contribution in [0, 0.1) is 5.82 Å². The first-order valence-corrected chi connectivity index (χ1v) is 10.0. The third-order valence-electron chi connectivity index (χ3n) is 3.73. The van der Waals surface area contributed by atoms with Crippen LogP contribution in [0.3, 0.4) is 0 Å². The number of carbonyl (C=O) groups excluding carboxylic acids is 2. The van der Waals surface area contributed by atoms with Gasteiger partial charge in [-0.1, -0.05) is 56.3 Å². The van der Waals surface area contributed by atoms with E-state index in [0.29, 0.717) is 13.0 Å². The molecule has 150 valence electrons. The Morgan fingerprint density at radius 3 is 2.36 bits per heavy atom. The molecule has 2 amide bonds. The molecule has 28 heavy (non-hydrogen) atoms. The molecule has 2 rings (SSSR count). The van der Waals surface area contributed by atoms with Crippen molar-refractivity contribution in [2.75, 3.05) is 6.54 Å². The van der Waals surface area contributed by atoms with E-state index in [1.54, 1.807) is 12.1 Å². The average Bonchev–Trinajstić information content (AvgIpc) is 2.68. The van der Waals surface area contributed by atoms with Gasteiger partial charge in [0.1, 0.15) is 12.4 Å². The first-order valence-electron chi connectivity index (χ1n) is 9.09. The van der Waals surface area contributed by atoms with Crippen LogP contribution in [-0.2, 0) is 22.6 Å². The zero-order valence-corrected chi connectivity index (χ0v) is 16.8. The van der Waals surface area contributed by atoms with Crippen molar-refractivity contribution in [3.05, 3.63) is 71.5 Å². The van der Waals surface area contributed by atoms with Gasteiger partial charge in [-0.3, -0.25) is 4.79 Å². The summed E-state index contributed by atoms with van der Waals surface area (Å²) in [5.74, 6) is -0.586. The molecule has 2 aromatic carbocycles. The van der Waals surface area contributed by atoms with E-state index in [9.17, 15) is 14.0 Å². The van der Waals surface area contributed by atoms with Gasteiger partial charge in [0.15, 0.2) is 5.37 Å². The largest absolute Gasteiger partial charge is 0.445 e. The minimum absolute atomic E-state index is 0.137. The zero-order chi connectivity index (χ0) is 20.4. The highest BCUT2D eigenvalue weighted by atomic mass is 32.2. The Morgan fingerprint density at radius 1 is 1.04 bits per heavy atom. The normalized spacial score (nSPS) is 11.7. The van der Waals surface area contributed by atoms with Gasteiger partial charge in [-0.25, -0.2) is 9.18 Å². The summed E-state index contributed by atoms with van der Waals surface area (Å²) in [5, 5.41) is 4.81. The maximum atomic E-state index is 12.9. The Labute approximate surface area is 169 Å². The summed E-state index contributed by atoms with van der Waals surface area (Å²) in [6.07, 6.45) is -0.0699. The van der Waals surface area contributed by atoms with Crippen LogP contribution in [-0.4, -0.2) is 29.2 Å². The van der Waals surface area contributed by atoms with E-state index in [4.69, 9.17) is 4.74 Å². The number of carbonyl (C=O) groups is 2. The van der Waals surface area contributed by atoms with Crippen molar-refractivity contribution in [2.45, 2.75) is 37.5 Å². The molecular weight excluding hydrogens is 379 g/mol. The Kier molecular flexibility index (Phi) is 8.81. The van der Waals surface area contributed by atoms with Crippen molar-refractivity contribution < 1.29 is 18.7 Å². The monoisotopic (exact) mass is 404 g/mol. The molecule has 1 atom stereocenters. The summed E-state index contributed by atoms with van der Waals surface area (Å²) in [7, 11) is 0. The number of amides is 2. The van der Waals surface area contributed by atoms with Gasteiger partial charge < -0.3 is 15.4 Å². The minimum atomic E-state index is -0.753.